The van der Waals surface area contributed by atoms with Gasteiger partial charge in [0, 0.05) is 36.1 Å². The third-order valence-electron chi connectivity index (χ3n) is 5.46. The Balaban J connectivity index is 1.55. The summed E-state index contributed by atoms with van der Waals surface area (Å²) in [5.74, 6) is -0.293. The van der Waals surface area contributed by atoms with Gasteiger partial charge in [-0.25, -0.2) is 4.79 Å². The Bertz CT molecular complexity index is 1100. The number of carbonyl (C=O) groups excluding carboxylic acids is 2. The van der Waals surface area contributed by atoms with Gasteiger partial charge in [0.2, 0.25) is 5.91 Å². The summed E-state index contributed by atoms with van der Waals surface area (Å²) in [6, 6.07) is 8.39. The third kappa shape index (κ3) is 4.56. The van der Waals surface area contributed by atoms with Crippen LogP contribution in [-0.2, 0) is 17.5 Å². The average molecular weight is 445 g/mol. The second-order valence-electron chi connectivity index (χ2n) is 7.64. The zero-order valence-electron chi connectivity index (χ0n) is 17.4. The number of nitrogens with zero attached hydrogens (tertiary/aromatic N) is 1. The van der Waals surface area contributed by atoms with Crippen LogP contribution >= 0.6 is 0 Å². The van der Waals surface area contributed by atoms with Gasteiger partial charge in [-0.2, -0.15) is 13.2 Å². The fraction of sp³-hybridized carbons (Fsp3) is 0.304. The van der Waals surface area contributed by atoms with Crippen molar-refractivity contribution in [1.82, 2.24) is 4.90 Å². The number of carbonyl (C=O) groups is 2. The van der Waals surface area contributed by atoms with Gasteiger partial charge in [-0.1, -0.05) is 12.1 Å². The van der Waals surface area contributed by atoms with Crippen molar-refractivity contribution in [3.8, 4) is 5.75 Å². The largest absolute Gasteiger partial charge is 0.493 e. The van der Waals surface area contributed by atoms with E-state index in [-0.39, 0.29) is 18.4 Å². The number of ether oxygens (including phenoxy) is 1. The lowest BCUT2D eigenvalue weighted by molar-refractivity contribution is -0.137. The molecule has 2 heterocycles. The molecule has 0 aliphatic carbocycles. The predicted molar refractivity (Wildman–Crippen MR) is 114 cm³/mol. The van der Waals surface area contributed by atoms with Crippen molar-refractivity contribution in [2.45, 2.75) is 32.5 Å². The molecule has 32 heavy (non-hydrogen) atoms. The molecule has 0 spiro atoms. The van der Waals surface area contributed by atoms with Crippen LogP contribution in [0.5, 0.6) is 5.75 Å². The van der Waals surface area contributed by atoms with Crippen molar-refractivity contribution in [3.63, 3.8) is 0 Å². The number of urea groups is 1. The molecule has 0 aromatic heterocycles. The number of alkyl halides is 3. The van der Waals surface area contributed by atoms with Crippen LogP contribution in [-0.4, -0.2) is 30.0 Å². The van der Waals surface area contributed by atoms with Crippen LogP contribution < -0.4 is 15.4 Å². The molecular formula is C23H22F3N3O3. The molecule has 6 nitrogen and oxygen atoms in total. The van der Waals surface area contributed by atoms with E-state index in [1.54, 1.807) is 17.0 Å². The molecule has 0 bridgehead atoms. The van der Waals surface area contributed by atoms with Crippen molar-refractivity contribution in [2.24, 2.45) is 0 Å². The molecule has 0 saturated heterocycles. The van der Waals surface area contributed by atoms with Gasteiger partial charge in [-0.05, 0) is 55.2 Å². The van der Waals surface area contributed by atoms with Crippen LogP contribution in [0.2, 0.25) is 0 Å². The summed E-state index contributed by atoms with van der Waals surface area (Å²) >= 11 is 0. The molecule has 0 radical (unpaired) electrons. The number of nitrogens with one attached hydrogen (secondary N) is 2. The van der Waals surface area contributed by atoms with Gasteiger partial charge in [0.1, 0.15) is 5.75 Å². The van der Waals surface area contributed by atoms with Crippen LogP contribution in [0.1, 0.15) is 36.5 Å². The van der Waals surface area contributed by atoms with Gasteiger partial charge >= 0.3 is 12.2 Å². The SMILES string of the molecule is CCN1Cc2ccc(NC(=O)/C=C3\CCCOc4cc(C(F)(F)F)ccc43)cc2NC1=O. The fourth-order valence-electron chi connectivity index (χ4n) is 3.78. The normalized spacial score (nSPS) is 17.1. The molecule has 0 atom stereocenters. The van der Waals surface area contributed by atoms with E-state index in [1.165, 1.54) is 12.1 Å². The van der Waals surface area contributed by atoms with E-state index in [1.807, 2.05) is 13.0 Å². The Hall–Kier alpha value is -3.49. The van der Waals surface area contributed by atoms with Gasteiger partial charge in [-0.15, -0.1) is 0 Å². The minimum Gasteiger partial charge on any atom is -0.493 e. The highest BCUT2D eigenvalue weighted by Crippen LogP contribution is 2.38. The van der Waals surface area contributed by atoms with Gasteiger partial charge in [0.25, 0.3) is 0 Å². The van der Waals surface area contributed by atoms with Crippen molar-refractivity contribution in [2.75, 3.05) is 23.8 Å². The van der Waals surface area contributed by atoms with Crippen LogP contribution in [0.4, 0.5) is 29.3 Å². The second-order valence-corrected chi connectivity index (χ2v) is 7.64. The Morgan fingerprint density at radius 1 is 1.25 bits per heavy atom. The quantitative estimate of drug-likeness (QED) is 0.633. The topological polar surface area (TPSA) is 70.7 Å². The highest BCUT2D eigenvalue weighted by Gasteiger charge is 2.32. The number of hydrogen-bond acceptors (Lipinski definition) is 3. The number of hydrogen-bond donors (Lipinski definition) is 2. The highest BCUT2D eigenvalue weighted by atomic mass is 19.4. The molecular weight excluding hydrogens is 423 g/mol. The Kier molecular flexibility index (Phi) is 5.82. The second kappa shape index (κ2) is 8.57. The molecule has 0 saturated carbocycles. The molecule has 0 unspecified atom stereocenters. The minimum atomic E-state index is -4.47. The van der Waals surface area contributed by atoms with Crippen LogP contribution in [0, 0.1) is 0 Å². The predicted octanol–water partition coefficient (Wildman–Crippen LogP) is 5.27. The van der Waals surface area contributed by atoms with E-state index in [2.05, 4.69) is 10.6 Å². The molecule has 4 rings (SSSR count). The van der Waals surface area contributed by atoms with Crippen molar-refractivity contribution >= 4 is 28.9 Å². The van der Waals surface area contributed by atoms with E-state index in [0.717, 1.165) is 17.7 Å². The smallest absolute Gasteiger partial charge is 0.416 e. The van der Waals surface area contributed by atoms with Gasteiger partial charge in [-0.3, -0.25) is 4.79 Å². The summed E-state index contributed by atoms with van der Waals surface area (Å²) in [6.07, 6.45) is -2.01. The van der Waals surface area contributed by atoms with E-state index in [4.69, 9.17) is 4.74 Å². The zero-order valence-corrected chi connectivity index (χ0v) is 17.4. The first kappa shape index (κ1) is 21.7. The molecule has 2 aromatic rings. The molecule has 168 valence electrons. The Morgan fingerprint density at radius 2 is 2.06 bits per heavy atom. The van der Waals surface area contributed by atoms with Crippen LogP contribution in [0.3, 0.4) is 0 Å². The number of allylic oxidation sites excluding steroid dienone is 1. The van der Waals surface area contributed by atoms with E-state index in [9.17, 15) is 22.8 Å². The molecule has 3 amide bonds. The van der Waals surface area contributed by atoms with Crippen molar-refractivity contribution < 1.29 is 27.5 Å². The maximum Gasteiger partial charge on any atom is 0.416 e. The summed E-state index contributed by atoms with van der Waals surface area (Å²) in [5, 5.41) is 5.57. The van der Waals surface area contributed by atoms with E-state index >= 15 is 0 Å². The maximum atomic E-state index is 13.0. The van der Waals surface area contributed by atoms with Gasteiger partial charge in [0.05, 0.1) is 12.2 Å². The molecule has 0 fully saturated rings. The Labute approximate surface area is 183 Å². The lowest BCUT2D eigenvalue weighted by atomic mass is 9.99. The van der Waals surface area contributed by atoms with Gasteiger partial charge in [0.15, 0.2) is 0 Å². The summed E-state index contributed by atoms with van der Waals surface area (Å²) in [7, 11) is 0. The van der Waals surface area contributed by atoms with Crippen molar-refractivity contribution in [3.05, 3.63) is 59.2 Å². The number of anilines is 2. The minimum absolute atomic E-state index is 0.119. The molecule has 2 N–H and O–H groups in total. The Morgan fingerprint density at radius 3 is 2.81 bits per heavy atom. The van der Waals surface area contributed by atoms with E-state index in [0.29, 0.717) is 48.4 Å². The first-order chi connectivity index (χ1) is 15.2. The number of benzene rings is 2. The fourth-order valence-corrected chi connectivity index (χ4v) is 3.78. The highest BCUT2D eigenvalue weighted by molar-refractivity contribution is 6.05. The monoisotopic (exact) mass is 445 g/mol. The van der Waals surface area contributed by atoms with Crippen LogP contribution in [0.25, 0.3) is 5.57 Å². The molecule has 2 aromatic carbocycles. The van der Waals surface area contributed by atoms with E-state index < -0.39 is 17.6 Å². The standard InChI is InChI=1S/C23H22F3N3O3/c1-2-29-13-15-5-7-17(12-19(15)28-22(29)31)27-21(30)10-14-4-3-9-32-20-11-16(23(24,25)26)6-8-18(14)20/h5-8,10-12H,2-4,9,13H2,1H3,(H,27,30)(H,28,31)/b14-10+. The summed E-state index contributed by atoms with van der Waals surface area (Å²) in [5.41, 5.74) is 2.38. The number of fused-ring (bicyclic) bond motifs is 2. The first-order valence-corrected chi connectivity index (χ1v) is 10.3. The third-order valence-corrected chi connectivity index (χ3v) is 5.46. The zero-order chi connectivity index (χ0) is 22.9. The first-order valence-electron chi connectivity index (χ1n) is 10.3. The number of rotatable bonds is 3. The molecule has 2 aliphatic rings. The summed E-state index contributed by atoms with van der Waals surface area (Å²) < 4.78 is 44.6. The summed E-state index contributed by atoms with van der Waals surface area (Å²) in [6.45, 7) is 3.25. The lowest BCUT2D eigenvalue weighted by Crippen LogP contribution is -2.38. The molecule has 2 aliphatic heterocycles. The van der Waals surface area contributed by atoms with Crippen molar-refractivity contribution in [1.29, 1.82) is 0 Å². The average Bonchev–Trinajstić information content (AvgIpc) is 2.94. The summed E-state index contributed by atoms with van der Waals surface area (Å²) in [4.78, 5) is 26.4. The molecule has 9 heteroatoms. The van der Waals surface area contributed by atoms with Gasteiger partial charge < -0.3 is 20.3 Å². The number of halogens is 3. The van der Waals surface area contributed by atoms with Crippen LogP contribution in [0.15, 0.2) is 42.5 Å². The maximum absolute atomic E-state index is 13.0. The number of amides is 3. The lowest BCUT2D eigenvalue weighted by Gasteiger charge is -2.28.